The van der Waals surface area contributed by atoms with Crippen LogP contribution in [-0.2, 0) is 4.74 Å². The van der Waals surface area contributed by atoms with Gasteiger partial charge in [0.15, 0.2) is 0 Å². The molecule has 4 heterocycles. The lowest BCUT2D eigenvalue weighted by Crippen LogP contribution is -2.25. The number of aryl methyl sites for hydroxylation is 1. The minimum atomic E-state index is 0.180. The minimum absolute atomic E-state index is 0.180. The lowest BCUT2D eigenvalue weighted by atomic mass is 10.1. The Kier molecular flexibility index (Phi) is 4.74. The van der Waals surface area contributed by atoms with Crippen LogP contribution in [0.5, 0.6) is 5.75 Å². The first-order valence-corrected chi connectivity index (χ1v) is 8.51. The van der Waals surface area contributed by atoms with E-state index in [1.807, 2.05) is 31.2 Å². The third-order valence-electron chi connectivity index (χ3n) is 4.10. The molecule has 1 aliphatic rings. The molecule has 1 fully saturated rings. The van der Waals surface area contributed by atoms with E-state index in [1.54, 1.807) is 12.4 Å². The molecule has 0 saturated carbocycles. The normalized spacial score (nSPS) is 15.0. The second-order valence-corrected chi connectivity index (χ2v) is 6.03. The Morgan fingerprint density at radius 1 is 1.15 bits per heavy atom. The number of hydrogen-bond donors (Lipinski definition) is 1. The summed E-state index contributed by atoms with van der Waals surface area (Å²) in [5.74, 6) is 1.81. The van der Waals surface area contributed by atoms with Crippen LogP contribution in [-0.4, -0.2) is 39.4 Å². The largest absolute Gasteiger partial charge is 0.489 e. The highest BCUT2D eigenvalue weighted by Crippen LogP contribution is 2.22. The fourth-order valence-corrected chi connectivity index (χ4v) is 2.66. The van der Waals surface area contributed by atoms with Crippen molar-refractivity contribution in [3.63, 3.8) is 0 Å². The average molecular weight is 353 g/mol. The summed E-state index contributed by atoms with van der Waals surface area (Å²) in [5, 5.41) is 6.97. The smallest absolute Gasteiger partial charge is 0.327 e. The van der Waals surface area contributed by atoms with Crippen LogP contribution in [0, 0.1) is 6.92 Å². The molecule has 0 aromatic carbocycles. The van der Waals surface area contributed by atoms with Crippen molar-refractivity contribution in [1.82, 2.24) is 20.1 Å². The van der Waals surface area contributed by atoms with Crippen molar-refractivity contribution < 1.29 is 14.0 Å². The van der Waals surface area contributed by atoms with E-state index < -0.39 is 0 Å². The third-order valence-corrected chi connectivity index (χ3v) is 4.10. The first-order valence-electron chi connectivity index (χ1n) is 8.51. The molecule has 0 bridgehead atoms. The number of nitrogens with one attached hydrogen (secondary N) is 1. The molecule has 0 radical (unpaired) electrons. The van der Waals surface area contributed by atoms with Gasteiger partial charge in [-0.2, -0.15) is 4.98 Å². The van der Waals surface area contributed by atoms with Crippen molar-refractivity contribution in [3.05, 3.63) is 42.2 Å². The second kappa shape index (κ2) is 7.49. The van der Waals surface area contributed by atoms with E-state index in [-0.39, 0.29) is 12.1 Å². The van der Waals surface area contributed by atoms with Gasteiger partial charge in [-0.15, -0.1) is 0 Å². The fraction of sp³-hybridized carbons (Fsp3) is 0.333. The number of aromatic nitrogens is 4. The molecule has 1 saturated heterocycles. The van der Waals surface area contributed by atoms with Gasteiger partial charge in [0, 0.05) is 19.0 Å². The molecule has 8 heteroatoms. The zero-order valence-electron chi connectivity index (χ0n) is 14.4. The number of anilines is 2. The van der Waals surface area contributed by atoms with Gasteiger partial charge in [0.2, 0.25) is 5.82 Å². The molecule has 0 aliphatic carbocycles. The Labute approximate surface area is 150 Å². The highest BCUT2D eigenvalue weighted by Gasteiger charge is 2.16. The monoisotopic (exact) mass is 353 g/mol. The maximum absolute atomic E-state index is 5.92. The van der Waals surface area contributed by atoms with Crippen LogP contribution in [0.25, 0.3) is 11.5 Å². The van der Waals surface area contributed by atoms with Crippen LogP contribution in [0.4, 0.5) is 11.8 Å². The van der Waals surface area contributed by atoms with Gasteiger partial charge in [-0.25, -0.2) is 9.97 Å². The molecule has 0 spiro atoms. The van der Waals surface area contributed by atoms with Gasteiger partial charge in [-0.3, -0.25) is 5.32 Å². The number of hydrogen-bond acceptors (Lipinski definition) is 8. The SMILES string of the molecule is Cc1cccnc1Nc1nc(-c2ccc(OC3CCOCC3)cn2)no1. The number of rotatable bonds is 5. The van der Waals surface area contributed by atoms with E-state index in [0.717, 1.165) is 37.4 Å². The van der Waals surface area contributed by atoms with Crippen molar-refractivity contribution in [2.75, 3.05) is 18.5 Å². The topological polar surface area (TPSA) is 95.2 Å². The van der Waals surface area contributed by atoms with Crippen LogP contribution >= 0.6 is 0 Å². The van der Waals surface area contributed by atoms with E-state index in [4.69, 9.17) is 14.0 Å². The van der Waals surface area contributed by atoms with Crippen molar-refractivity contribution >= 4 is 11.8 Å². The molecule has 0 atom stereocenters. The summed E-state index contributed by atoms with van der Waals surface area (Å²) >= 11 is 0. The van der Waals surface area contributed by atoms with Gasteiger partial charge in [0.05, 0.1) is 19.4 Å². The quantitative estimate of drug-likeness (QED) is 0.747. The number of ether oxygens (including phenoxy) is 2. The van der Waals surface area contributed by atoms with Gasteiger partial charge in [-0.05, 0) is 30.7 Å². The fourth-order valence-electron chi connectivity index (χ4n) is 2.66. The first-order chi connectivity index (χ1) is 12.8. The summed E-state index contributed by atoms with van der Waals surface area (Å²) in [4.78, 5) is 12.9. The highest BCUT2D eigenvalue weighted by atomic mass is 16.5. The number of pyridine rings is 2. The zero-order chi connectivity index (χ0) is 17.8. The Bertz CT molecular complexity index is 859. The summed E-state index contributed by atoms with van der Waals surface area (Å²) in [5.41, 5.74) is 1.60. The molecule has 8 nitrogen and oxygen atoms in total. The predicted octanol–water partition coefficient (Wildman–Crippen LogP) is 3.14. The van der Waals surface area contributed by atoms with Gasteiger partial charge >= 0.3 is 6.01 Å². The Hall–Kier alpha value is -3.00. The molecule has 4 rings (SSSR count). The molecule has 1 aliphatic heterocycles. The van der Waals surface area contributed by atoms with Crippen LogP contribution in [0.2, 0.25) is 0 Å². The van der Waals surface area contributed by atoms with E-state index in [2.05, 4.69) is 25.4 Å². The van der Waals surface area contributed by atoms with Gasteiger partial charge < -0.3 is 14.0 Å². The Balaban J connectivity index is 1.43. The average Bonchev–Trinajstić information content (AvgIpc) is 3.14. The lowest BCUT2D eigenvalue weighted by molar-refractivity contribution is 0.0254. The molecule has 3 aromatic heterocycles. The molecular weight excluding hydrogens is 334 g/mol. The van der Waals surface area contributed by atoms with Crippen LogP contribution in [0.3, 0.4) is 0 Å². The van der Waals surface area contributed by atoms with Crippen LogP contribution in [0.15, 0.2) is 41.2 Å². The van der Waals surface area contributed by atoms with E-state index in [1.165, 1.54) is 0 Å². The predicted molar refractivity (Wildman–Crippen MR) is 94.3 cm³/mol. The van der Waals surface area contributed by atoms with E-state index in [0.29, 0.717) is 17.3 Å². The molecule has 26 heavy (non-hydrogen) atoms. The summed E-state index contributed by atoms with van der Waals surface area (Å²) in [6.07, 6.45) is 5.35. The van der Waals surface area contributed by atoms with Gasteiger partial charge in [0.25, 0.3) is 0 Å². The van der Waals surface area contributed by atoms with Crippen LogP contribution < -0.4 is 10.1 Å². The van der Waals surface area contributed by atoms with Crippen LogP contribution in [0.1, 0.15) is 18.4 Å². The third kappa shape index (κ3) is 3.80. The number of nitrogens with zero attached hydrogens (tertiary/aromatic N) is 4. The van der Waals surface area contributed by atoms with Crippen molar-refractivity contribution in [3.8, 4) is 17.3 Å². The van der Waals surface area contributed by atoms with E-state index in [9.17, 15) is 0 Å². The maximum atomic E-state index is 5.92. The summed E-state index contributed by atoms with van der Waals surface area (Å²) < 4.78 is 16.5. The Morgan fingerprint density at radius 2 is 2.04 bits per heavy atom. The Morgan fingerprint density at radius 3 is 2.81 bits per heavy atom. The lowest BCUT2D eigenvalue weighted by Gasteiger charge is -2.23. The molecule has 134 valence electrons. The van der Waals surface area contributed by atoms with Crippen molar-refractivity contribution in [2.24, 2.45) is 0 Å². The standard InChI is InChI=1S/C18H19N5O3/c1-12-3-2-8-19-16(12)21-18-22-17(23-26-18)15-5-4-14(11-20-15)25-13-6-9-24-10-7-13/h2-5,8,11,13H,6-7,9-10H2,1H3,(H,19,21,22,23). The zero-order valence-corrected chi connectivity index (χ0v) is 14.4. The summed E-state index contributed by atoms with van der Waals surface area (Å²) in [6, 6.07) is 7.77. The second-order valence-electron chi connectivity index (χ2n) is 6.03. The van der Waals surface area contributed by atoms with E-state index >= 15 is 0 Å². The van der Waals surface area contributed by atoms with Crippen molar-refractivity contribution in [2.45, 2.75) is 25.9 Å². The molecular formula is C18H19N5O3. The summed E-state index contributed by atoms with van der Waals surface area (Å²) in [7, 11) is 0. The molecule has 1 N–H and O–H groups in total. The van der Waals surface area contributed by atoms with Gasteiger partial charge in [0.1, 0.15) is 23.4 Å². The summed E-state index contributed by atoms with van der Waals surface area (Å²) in [6.45, 7) is 3.43. The van der Waals surface area contributed by atoms with Crippen molar-refractivity contribution in [1.29, 1.82) is 0 Å². The molecule has 0 amide bonds. The minimum Gasteiger partial charge on any atom is -0.489 e. The molecule has 3 aromatic rings. The highest BCUT2D eigenvalue weighted by molar-refractivity contribution is 5.55. The molecule has 0 unspecified atom stereocenters. The maximum Gasteiger partial charge on any atom is 0.327 e. The first kappa shape index (κ1) is 16.5. The van der Waals surface area contributed by atoms with Gasteiger partial charge in [-0.1, -0.05) is 11.2 Å².